The number of benzene rings is 2. The third kappa shape index (κ3) is 3.43. The van der Waals surface area contributed by atoms with Crippen molar-refractivity contribution in [1.29, 1.82) is 0 Å². The van der Waals surface area contributed by atoms with Gasteiger partial charge in [-0.25, -0.2) is 8.42 Å². The van der Waals surface area contributed by atoms with E-state index in [0.29, 0.717) is 11.3 Å². The maximum Gasteiger partial charge on any atom is 0.270 e. The lowest BCUT2D eigenvalue weighted by atomic mass is 10.1. The van der Waals surface area contributed by atoms with Crippen LogP contribution < -0.4 is 4.72 Å². The van der Waals surface area contributed by atoms with E-state index >= 15 is 0 Å². The minimum Gasteiger partial charge on any atom is -0.280 e. The molecule has 7 heteroatoms. The zero-order valence-electron chi connectivity index (χ0n) is 12.5. The summed E-state index contributed by atoms with van der Waals surface area (Å²) in [6.07, 6.45) is 0. The number of anilines is 1. The predicted molar refractivity (Wildman–Crippen MR) is 84.6 cm³/mol. The lowest BCUT2D eigenvalue weighted by molar-refractivity contribution is -0.385. The van der Waals surface area contributed by atoms with E-state index in [9.17, 15) is 18.5 Å². The third-order valence-corrected chi connectivity index (χ3v) is 4.67. The highest BCUT2D eigenvalue weighted by Gasteiger charge is 2.20. The van der Waals surface area contributed by atoms with Gasteiger partial charge in [0.25, 0.3) is 15.7 Å². The lowest BCUT2D eigenvalue weighted by Crippen LogP contribution is -2.14. The Labute approximate surface area is 129 Å². The van der Waals surface area contributed by atoms with E-state index in [0.717, 1.165) is 17.2 Å². The first-order valence-electron chi connectivity index (χ1n) is 6.55. The highest BCUT2D eigenvalue weighted by molar-refractivity contribution is 7.92. The van der Waals surface area contributed by atoms with Crippen LogP contribution >= 0.6 is 0 Å². The van der Waals surface area contributed by atoms with Crippen LogP contribution in [0, 0.1) is 30.9 Å². The Hall–Kier alpha value is -2.41. The molecule has 0 aliphatic heterocycles. The molecule has 0 bridgehead atoms. The fraction of sp³-hybridized carbons (Fsp3) is 0.200. The molecule has 0 aromatic heterocycles. The van der Waals surface area contributed by atoms with Crippen molar-refractivity contribution in [1.82, 2.24) is 0 Å². The summed E-state index contributed by atoms with van der Waals surface area (Å²) in [5, 5.41) is 10.8. The van der Waals surface area contributed by atoms with Crippen LogP contribution in [0.25, 0.3) is 0 Å². The fourth-order valence-corrected chi connectivity index (χ4v) is 3.54. The summed E-state index contributed by atoms with van der Waals surface area (Å²) in [4.78, 5) is 10.1. The van der Waals surface area contributed by atoms with Crippen LogP contribution in [0.2, 0.25) is 0 Å². The Balaban J connectivity index is 2.46. The van der Waals surface area contributed by atoms with E-state index in [2.05, 4.69) is 4.72 Å². The van der Waals surface area contributed by atoms with Crippen LogP contribution in [0.1, 0.15) is 16.7 Å². The van der Waals surface area contributed by atoms with Crippen molar-refractivity contribution in [3.63, 3.8) is 0 Å². The summed E-state index contributed by atoms with van der Waals surface area (Å²) in [6.45, 7) is 5.33. The van der Waals surface area contributed by atoms with Gasteiger partial charge in [-0.05, 0) is 49.6 Å². The molecule has 116 valence electrons. The van der Waals surface area contributed by atoms with Crippen LogP contribution in [0.4, 0.5) is 11.4 Å². The fourth-order valence-electron chi connectivity index (χ4n) is 2.24. The standard InChI is InChI=1S/C15H16N2O4S/c1-10-6-11(2)8-13(7-10)16-22(20,21)15-9-14(17(18)19)5-4-12(15)3/h4-9,16H,1-3H3. The highest BCUT2D eigenvalue weighted by atomic mass is 32.2. The third-order valence-electron chi connectivity index (χ3n) is 3.15. The van der Waals surface area contributed by atoms with Crippen LogP contribution in [-0.4, -0.2) is 13.3 Å². The zero-order valence-corrected chi connectivity index (χ0v) is 13.3. The van der Waals surface area contributed by atoms with Gasteiger partial charge in [-0.15, -0.1) is 0 Å². The van der Waals surface area contributed by atoms with Crippen molar-refractivity contribution in [2.75, 3.05) is 4.72 Å². The van der Waals surface area contributed by atoms with E-state index in [4.69, 9.17) is 0 Å². The van der Waals surface area contributed by atoms with Gasteiger partial charge >= 0.3 is 0 Å². The Kier molecular flexibility index (Phi) is 4.18. The number of aryl methyl sites for hydroxylation is 3. The number of hydrogen-bond donors (Lipinski definition) is 1. The number of nitro benzene ring substituents is 1. The van der Waals surface area contributed by atoms with Gasteiger partial charge in [-0.1, -0.05) is 12.1 Å². The largest absolute Gasteiger partial charge is 0.280 e. The molecular weight excluding hydrogens is 304 g/mol. The van der Waals surface area contributed by atoms with E-state index in [1.165, 1.54) is 12.1 Å². The summed E-state index contributed by atoms with van der Waals surface area (Å²) in [6, 6.07) is 9.12. The Bertz CT molecular complexity index is 824. The molecule has 22 heavy (non-hydrogen) atoms. The van der Waals surface area contributed by atoms with Crippen molar-refractivity contribution < 1.29 is 13.3 Å². The molecule has 0 spiro atoms. The summed E-state index contributed by atoms with van der Waals surface area (Å²) in [5.41, 5.74) is 2.47. The molecule has 0 saturated heterocycles. The average Bonchev–Trinajstić information content (AvgIpc) is 2.36. The molecule has 0 saturated carbocycles. The molecule has 0 heterocycles. The second kappa shape index (κ2) is 5.76. The zero-order chi connectivity index (χ0) is 16.5. The minimum atomic E-state index is -3.89. The molecule has 6 nitrogen and oxygen atoms in total. The molecule has 2 aromatic rings. The van der Waals surface area contributed by atoms with Gasteiger partial charge in [0, 0.05) is 17.8 Å². The maximum absolute atomic E-state index is 12.5. The van der Waals surface area contributed by atoms with Gasteiger partial charge in [0.05, 0.1) is 9.82 Å². The molecule has 2 aromatic carbocycles. The number of rotatable bonds is 4. The van der Waals surface area contributed by atoms with Gasteiger partial charge in [0.2, 0.25) is 0 Å². The highest BCUT2D eigenvalue weighted by Crippen LogP contribution is 2.24. The lowest BCUT2D eigenvalue weighted by Gasteiger charge is -2.11. The SMILES string of the molecule is Cc1cc(C)cc(NS(=O)(=O)c2cc([N+](=O)[O-])ccc2C)c1. The Morgan fingerprint density at radius 2 is 1.59 bits per heavy atom. The van der Waals surface area contributed by atoms with E-state index < -0.39 is 14.9 Å². The topological polar surface area (TPSA) is 89.3 Å². The minimum absolute atomic E-state index is 0.0964. The predicted octanol–water partition coefficient (Wildman–Crippen LogP) is 3.32. The van der Waals surface area contributed by atoms with Gasteiger partial charge in [-0.2, -0.15) is 0 Å². The van der Waals surface area contributed by atoms with Crippen LogP contribution in [0.3, 0.4) is 0 Å². The van der Waals surface area contributed by atoms with Gasteiger partial charge in [0.15, 0.2) is 0 Å². The number of non-ortho nitro benzene ring substituents is 1. The van der Waals surface area contributed by atoms with Crippen molar-refractivity contribution in [3.05, 3.63) is 63.2 Å². The number of nitrogens with zero attached hydrogens (tertiary/aromatic N) is 1. The smallest absolute Gasteiger partial charge is 0.270 e. The molecule has 0 aliphatic carbocycles. The first-order chi connectivity index (χ1) is 10.2. The molecule has 0 amide bonds. The number of nitrogens with one attached hydrogen (secondary N) is 1. The summed E-state index contributed by atoms with van der Waals surface area (Å²) in [5.74, 6) is 0. The molecule has 0 aliphatic rings. The Morgan fingerprint density at radius 1 is 1.00 bits per heavy atom. The van der Waals surface area contributed by atoms with Crippen LogP contribution in [-0.2, 0) is 10.0 Å². The van der Waals surface area contributed by atoms with Crippen molar-refractivity contribution in [3.8, 4) is 0 Å². The molecule has 2 rings (SSSR count). The summed E-state index contributed by atoms with van der Waals surface area (Å²) >= 11 is 0. The molecule has 0 radical (unpaired) electrons. The van der Waals surface area contributed by atoms with E-state index in [1.807, 2.05) is 19.9 Å². The van der Waals surface area contributed by atoms with Gasteiger partial charge < -0.3 is 0 Å². The normalized spacial score (nSPS) is 11.2. The molecule has 1 N–H and O–H groups in total. The molecule has 0 unspecified atom stereocenters. The number of sulfonamides is 1. The van der Waals surface area contributed by atoms with Crippen LogP contribution in [0.15, 0.2) is 41.3 Å². The Morgan fingerprint density at radius 3 is 2.14 bits per heavy atom. The average molecular weight is 320 g/mol. The summed E-state index contributed by atoms with van der Waals surface area (Å²) < 4.78 is 27.4. The first-order valence-corrected chi connectivity index (χ1v) is 8.03. The summed E-state index contributed by atoms with van der Waals surface area (Å²) in [7, 11) is -3.89. The van der Waals surface area contributed by atoms with E-state index in [-0.39, 0.29) is 10.6 Å². The second-order valence-corrected chi connectivity index (χ2v) is 6.84. The van der Waals surface area contributed by atoms with Crippen LogP contribution in [0.5, 0.6) is 0 Å². The van der Waals surface area contributed by atoms with E-state index in [1.54, 1.807) is 19.1 Å². The van der Waals surface area contributed by atoms with Gasteiger partial charge in [-0.3, -0.25) is 14.8 Å². The number of nitro groups is 1. The number of hydrogen-bond acceptors (Lipinski definition) is 4. The molecule has 0 atom stereocenters. The van der Waals surface area contributed by atoms with Crippen molar-refractivity contribution in [2.24, 2.45) is 0 Å². The van der Waals surface area contributed by atoms with Gasteiger partial charge in [0.1, 0.15) is 0 Å². The monoisotopic (exact) mass is 320 g/mol. The van der Waals surface area contributed by atoms with Crippen molar-refractivity contribution >= 4 is 21.4 Å². The molecule has 0 fully saturated rings. The first kappa shape index (κ1) is 16.0. The maximum atomic E-state index is 12.5. The second-order valence-electron chi connectivity index (χ2n) is 5.19. The molecular formula is C15H16N2O4S. The quantitative estimate of drug-likeness (QED) is 0.691. The van der Waals surface area contributed by atoms with Crippen molar-refractivity contribution in [2.45, 2.75) is 25.7 Å².